The molecule has 1 aromatic rings. The van der Waals surface area contributed by atoms with E-state index >= 15 is 0 Å². The smallest absolute Gasteiger partial charge is 0.0315 e. The number of pyridine rings is 1. The van der Waals surface area contributed by atoms with Crippen LogP contribution in [0.5, 0.6) is 0 Å². The Morgan fingerprint density at radius 1 is 1.33 bits per heavy atom. The molecule has 0 saturated heterocycles. The molecule has 0 aliphatic rings. The van der Waals surface area contributed by atoms with E-state index in [0.29, 0.717) is 6.04 Å². The Labute approximate surface area is 112 Å². The molecule has 1 N–H and O–H groups in total. The normalized spacial score (nSPS) is 13.3. The molecule has 0 saturated carbocycles. The Morgan fingerprint density at radius 3 is 2.61 bits per heavy atom. The minimum atomic E-state index is 0.599. The van der Waals surface area contributed by atoms with E-state index in [4.69, 9.17) is 0 Å². The molecule has 3 nitrogen and oxygen atoms in total. The van der Waals surface area contributed by atoms with Crippen molar-refractivity contribution in [2.24, 2.45) is 5.92 Å². The fourth-order valence-corrected chi connectivity index (χ4v) is 2.08. The molecule has 1 rings (SSSR count). The highest BCUT2D eigenvalue weighted by molar-refractivity contribution is 5.20. The average Bonchev–Trinajstić information content (AvgIpc) is 2.29. The summed E-state index contributed by atoms with van der Waals surface area (Å²) in [5.41, 5.74) is 2.60. The highest BCUT2D eigenvalue weighted by atomic mass is 15.1. The van der Waals surface area contributed by atoms with E-state index in [0.717, 1.165) is 19.0 Å². The minimum absolute atomic E-state index is 0.599. The highest BCUT2D eigenvalue weighted by Gasteiger charge is 2.12. The van der Waals surface area contributed by atoms with E-state index in [9.17, 15) is 0 Å². The third-order valence-electron chi connectivity index (χ3n) is 3.32. The summed E-state index contributed by atoms with van der Waals surface area (Å²) < 4.78 is 0. The fourth-order valence-electron chi connectivity index (χ4n) is 2.08. The molecule has 1 atom stereocenters. The van der Waals surface area contributed by atoms with Crippen LogP contribution in [-0.4, -0.2) is 36.6 Å². The summed E-state index contributed by atoms with van der Waals surface area (Å²) in [6, 6.07) is 2.66. The lowest BCUT2D eigenvalue weighted by molar-refractivity contribution is 0.246. The Bertz CT molecular complexity index is 347. The second-order valence-corrected chi connectivity index (χ2v) is 5.68. The molecule has 0 amide bonds. The Hall–Kier alpha value is -0.930. The molecule has 0 spiro atoms. The van der Waals surface area contributed by atoms with Crippen molar-refractivity contribution in [3.8, 4) is 0 Å². The summed E-state index contributed by atoms with van der Waals surface area (Å²) in [6.07, 6.45) is 5.03. The molecular weight excluding hydrogens is 222 g/mol. The van der Waals surface area contributed by atoms with Gasteiger partial charge in [-0.25, -0.2) is 0 Å². The Balaban J connectivity index is 2.41. The molecule has 0 fully saturated rings. The molecular formula is C15H27N3. The second-order valence-electron chi connectivity index (χ2n) is 5.68. The van der Waals surface area contributed by atoms with Gasteiger partial charge >= 0.3 is 0 Å². The Morgan fingerprint density at radius 2 is 2.06 bits per heavy atom. The van der Waals surface area contributed by atoms with Crippen LogP contribution >= 0.6 is 0 Å². The first-order chi connectivity index (χ1) is 8.50. The van der Waals surface area contributed by atoms with E-state index in [-0.39, 0.29) is 0 Å². The minimum Gasteiger partial charge on any atom is -0.311 e. The van der Waals surface area contributed by atoms with E-state index in [2.05, 4.69) is 56.1 Å². The molecule has 1 heterocycles. The predicted molar refractivity (Wildman–Crippen MR) is 77.6 cm³/mol. The maximum absolute atomic E-state index is 4.18. The van der Waals surface area contributed by atoms with Crippen LogP contribution < -0.4 is 5.32 Å². The number of hydrogen-bond donors (Lipinski definition) is 1. The number of aryl methyl sites for hydroxylation is 1. The van der Waals surface area contributed by atoms with Gasteiger partial charge in [-0.1, -0.05) is 13.8 Å². The van der Waals surface area contributed by atoms with Crippen LogP contribution in [0, 0.1) is 12.8 Å². The summed E-state index contributed by atoms with van der Waals surface area (Å²) >= 11 is 0. The van der Waals surface area contributed by atoms with Gasteiger partial charge in [-0.3, -0.25) is 4.98 Å². The third kappa shape index (κ3) is 5.15. The lowest BCUT2D eigenvalue weighted by Gasteiger charge is -2.26. The topological polar surface area (TPSA) is 28.2 Å². The van der Waals surface area contributed by atoms with Gasteiger partial charge in [-0.2, -0.15) is 0 Å². The first-order valence-corrected chi connectivity index (χ1v) is 6.77. The van der Waals surface area contributed by atoms with Gasteiger partial charge in [0.15, 0.2) is 0 Å². The summed E-state index contributed by atoms with van der Waals surface area (Å²) in [5.74, 6) is 0.735. The van der Waals surface area contributed by atoms with Crippen LogP contribution in [0.4, 0.5) is 0 Å². The van der Waals surface area contributed by atoms with Crippen LogP contribution in [0.25, 0.3) is 0 Å². The lowest BCUT2D eigenvalue weighted by Crippen LogP contribution is -2.38. The van der Waals surface area contributed by atoms with Crippen molar-refractivity contribution in [1.82, 2.24) is 15.2 Å². The standard InChI is InChI=1S/C15H27N3/c1-12(2)8-15(18(4)5)11-17-10-14-9-16-7-6-13(14)3/h6-7,9,12,15,17H,8,10-11H2,1-5H3. The van der Waals surface area contributed by atoms with E-state index in [1.807, 2.05) is 12.4 Å². The van der Waals surface area contributed by atoms with Crippen LogP contribution in [0.2, 0.25) is 0 Å². The van der Waals surface area contributed by atoms with Crippen molar-refractivity contribution in [2.45, 2.75) is 39.8 Å². The first kappa shape index (κ1) is 15.1. The van der Waals surface area contributed by atoms with Gasteiger partial charge in [-0.15, -0.1) is 0 Å². The number of hydrogen-bond acceptors (Lipinski definition) is 3. The van der Waals surface area contributed by atoms with Crippen molar-refractivity contribution in [1.29, 1.82) is 0 Å². The second kappa shape index (κ2) is 7.49. The van der Waals surface area contributed by atoms with Crippen molar-refractivity contribution < 1.29 is 0 Å². The van der Waals surface area contributed by atoms with E-state index in [1.54, 1.807) is 0 Å². The molecule has 0 bridgehead atoms. The van der Waals surface area contributed by atoms with Crippen molar-refractivity contribution >= 4 is 0 Å². The summed E-state index contributed by atoms with van der Waals surface area (Å²) in [5, 5.41) is 3.55. The quantitative estimate of drug-likeness (QED) is 0.804. The fraction of sp³-hybridized carbons (Fsp3) is 0.667. The summed E-state index contributed by atoms with van der Waals surface area (Å²) in [4.78, 5) is 6.48. The molecule has 0 aliphatic carbocycles. The van der Waals surface area contributed by atoms with E-state index < -0.39 is 0 Å². The summed E-state index contributed by atoms with van der Waals surface area (Å²) in [7, 11) is 4.31. The molecule has 1 aromatic heterocycles. The van der Waals surface area contributed by atoms with Gasteiger partial charge in [0.05, 0.1) is 0 Å². The van der Waals surface area contributed by atoms with Crippen LogP contribution in [0.1, 0.15) is 31.4 Å². The number of aromatic nitrogens is 1. The SMILES string of the molecule is Cc1ccncc1CNCC(CC(C)C)N(C)C. The molecule has 0 aliphatic heterocycles. The maximum Gasteiger partial charge on any atom is 0.0315 e. The number of nitrogens with zero attached hydrogens (tertiary/aromatic N) is 2. The average molecular weight is 249 g/mol. The van der Waals surface area contributed by atoms with Crippen LogP contribution in [0.15, 0.2) is 18.5 Å². The van der Waals surface area contributed by atoms with Gasteiger partial charge in [-0.05, 0) is 50.6 Å². The lowest BCUT2D eigenvalue weighted by atomic mass is 10.0. The zero-order valence-electron chi connectivity index (χ0n) is 12.4. The maximum atomic E-state index is 4.18. The third-order valence-corrected chi connectivity index (χ3v) is 3.32. The highest BCUT2D eigenvalue weighted by Crippen LogP contribution is 2.09. The van der Waals surface area contributed by atoms with Crippen molar-refractivity contribution in [3.05, 3.63) is 29.6 Å². The van der Waals surface area contributed by atoms with Gasteiger partial charge in [0.25, 0.3) is 0 Å². The zero-order valence-corrected chi connectivity index (χ0v) is 12.4. The van der Waals surface area contributed by atoms with E-state index in [1.165, 1.54) is 17.5 Å². The first-order valence-electron chi connectivity index (χ1n) is 6.77. The molecule has 0 aromatic carbocycles. The van der Waals surface area contributed by atoms with Gasteiger partial charge in [0.2, 0.25) is 0 Å². The number of likely N-dealkylation sites (N-methyl/N-ethyl adjacent to an activating group) is 1. The molecule has 18 heavy (non-hydrogen) atoms. The monoisotopic (exact) mass is 249 g/mol. The number of rotatable bonds is 7. The Kier molecular flexibility index (Phi) is 6.30. The largest absolute Gasteiger partial charge is 0.311 e. The van der Waals surface area contributed by atoms with Gasteiger partial charge in [0, 0.05) is 31.5 Å². The number of nitrogens with one attached hydrogen (secondary N) is 1. The van der Waals surface area contributed by atoms with Crippen molar-refractivity contribution in [2.75, 3.05) is 20.6 Å². The van der Waals surface area contributed by atoms with Gasteiger partial charge < -0.3 is 10.2 Å². The molecule has 1 unspecified atom stereocenters. The molecule has 0 radical (unpaired) electrons. The van der Waals surface area contributed by atoms with Crippen LogP contribution in [-0.2, 0) is 6.54 Å². The molecule has 102 valence electrons. The van der Waals surface area contributed by atoms with Crippen molar-refractivity contribution in [3.63, 3.8) is 0 Å². The summed E-state index contributed by atoms with van der Waals surface area (Å²) in [6.45, 7) is 8.63. The predicted octanol–water partition coefficient (Wildman–Crippen LogP) is 2.46. The zero-order chi connectivity index (χ0) is 13.5. The van der Waals surface area contributed by atoms with Gasteiger partial charge in [0.1, 0.15) is 0 Å². The molecule has 3 heteroatoms. The van der Waals surface area contributed by atoms with Crippen LogP contribution in [0.3, 0.4) is 0 Å².